The predicted molar refractivity (Wildman–Crippen MR) is 53.2 cm³/mol. The molecule has 0 spiro atoms. The Bertz CT molecular complexity index is 90.0. The molecular formula is C10H23NO. The van der Waals surface area contributed by atoms with Crippen molar-refractivity contribution in [2.75, 3.05) is 6.54 Å². The molecule has 0 radical (unpaired) electrons. The van der Waals surface area contributed by atoms with E-state index in [9.17, 15) is 0 Å². The Morgan fingerprint density at radius 2 is 1.67 bits per heavy atom. The van der Waals surface area contributed by atoms with E-state index >= 15 is 0 Å². The van der Waals surface area contributed by atoms with E-state index in [-0.39, 0.29) is 6.10 Å². The first-order valence-electron chi connectivity index (χ1n) is 4.93. The van der Waals surface area contributed by atoms with Gasteiger partial charge in [0.15, 0.2) is 0 Å². The topological polar surface area (TPSA) is 32.3 Å². The lowest BCUT2D eigenvalue weighted by molar-refractivity contribution is 0.185. The van der Waals surface area contributed by atoms with E-state index < -0.39 is 0 Å². The lowest BCUT2D eigenvalue weighted by Crippen LogP contribution is -2.32. The third kappa shape index (κ3) is 8.02. The minimum atomic E-state index is -0.230. The first kappa shape index (κ1) is 11.9. The van der Waals surface area contributed by atoms with E-state index in [1.165, 1.54) is 12.8 Å². The van der Waals surface area contributed by atoms with Gasteiger partial charge in [-0.1, -0.05) is 13.8 Å². The van der Waals surface area contributed by atoms with Crippen LogP contribution in [0.1, 0.15) is 40.5 Å². The molecule has 0 unspecified atom stereocenters. The van der Waals surface area contributed by atoms with E-state index in [0.717, 1.165) is 5.92 Å². The summed E-state index contributed by atoms with van der Waals surface area (Å²) >= 11 is 0. The van der Waals surface area contributed by atoms with Gasteiger partial charge < -0.3 is 10.4 Å². The zero-order chi connectivity index (χ0) is 9.56. The van der Waals surface area contributed by atoms with Crippen molar-refractivity contribution in [1.82, 2.24) is 5.32 Å². The average Bonchev–Trinajstić information content (AvgIpc) is 1.96. The van der Waals surface area contributed by atoms with Crippen molar-refractivity contribution in [1.29, 1.82) is 0 Å². The molecule has 0 heterocycles. The molecule has 2 atom stereocenters. The third-order valence-corrected chi connectivity index (χ3v) is 1.94. The summed E-state index contributed by atoms with van der Waals surface area (Å²) in [6, 6.07) is 0.530. The van der Waals surface area contributed by atoms with Crippen LogP contribution in [0.5, 0.6) is 0 Å². The molecule has 0 amide bonds. The van der Waals surface area contributed by atoms with E-state index in [4.69, 9.17) is 5.11 Å². The van der Waals surface area contributed by atoms with Gasteiger partial charge in [0.25, 0.3) is 0 Å². The Labute approximate surface area is 76.4 Å². The highest BCUT2D eigenvalue weighted by molar-refractivity contribution is 4.63. The Kier molecular flexibility index (Phi) is 6.39. The number of rotatable bonds is 6. The van der Waals surface area contributed by atoms with Crippen molar-refractivity contribution in [3.8, 4) is 0 Å². The molecule has 0 fully saturated rings. The minimum absolute atomic E-state index is 0.230. The van der Waals surface area contributed by atoms with Gasteiger partial charge in [0.05, 0.1) is 6.10 Å². The number of hydrogen-bond acceptors (Lipinski definition) is 2. The van der Waals surface area contributed by atoms with Gasteiger partial charge in [0.2, 0.25) is 0 Å². The summed E-state index contributed by atoms with van der Waals surface area (Å²) in [6.07, 6.45) is 2.23. The zero-order valence-electron chi connectivity index (χ0n) is 8.80. The molecular weight excluding hydrogens is 150 g/mol. The Morgan fingerprint density at radius 3 is 2.08 bits per heavy atom. The van der Waals surface area contributed by atoms with Crippen molar-refractivity contribution in [3.63, 3.8) is 0 Å². The maximum atomic E-state index is 9.02. The van der Waals surface area contributed by atoms with Crippen LogP contribution < -0.4 is 5.32 Å². The molecule has 0 aromatic heterocycles. The van der Waals surface area contributed by atoms with Crippen molar-refractivity contribution < 1.29 is 5.11 Å². The molecule has 0 bridgehead atoms. The number of nitrogens with one attached hydrogen (secondary N) is 1. The van der Waals surface area contributed by atoms with Gasteiger partial charge in [0.1, 0.15) is 0 Å². The average molecular weight is 173 g/mol. The Morgan fingerprint density at radius 1 is 1.08 bits per heavy atom. The van der Waals surface area contributed by atoms with Gasteiger partial charge in [-0.3, -0.25) is 0 Å². The Hall–Kier alpha value is -0.0800. The Balaban J connectivity index is 3.27. The highest BCUT2D eigenvalue weighted by atomic mass is 16.3. The van der Waals surface area contributed by atoms with Crippen LogP contribution in [0, 0.1) is 5.92 Å². The van der Waals surface area contributed by atoms with Crippen LogP contribution in [0.3, 0.4) is 0 Å². The van der Waals surface area contributed by atoms with E-state index in [0.29, 0.717) is 12.6 Å². The van der Waals surface area contributed by atoms with Crippen molar-refractivity contribution in [3.05, 3.63) is 0 Å². The lowest BCUT2D eigenvalue weighted by Gasteiger charge is -2.15. The van der Waals surface area contributed by atoms with Crippen LogP contribution in [0.4, 0.5) is 0 Å². The molecule has 12 heavy (non-hydrogen) atoms. The molecule has 2 N–H and O–H groups in total. The molecule has 0 saturated heterocycles. The zero-order valence-corrected chi connectivity index (χ0v) is 8.80. The van der Waals surface area contributed by atoms with Crippen LogP contribution in [-0.4, -0.2) is 23.8 Å². The first-order valence-corrected chi connectivity index (χ1v) is 4.93. The maximum absolute atomic E-state index is 9.02. The molecule has 0 aromatic carbocycles. The smallest absolute Gasteiger partial charge is 0.0636 e. The fourth-order valence-corrected chi connectivity index (χ4v) is 1.06. The monoisotopic (exact) mass is 173 g/mol. The molecule has 0 aliphatic carbocycles. The summed E-state index contributed by atoms with van der Waals surface area (Å²) in [5.41, 5.74) is 0. The quantitative estimate of drug-likeness (QED) is 0.641. The van der Waals surface area contributed by atoms with Crippen LogP contribution in [0.2, 0.25) is 0 Å². The van der Waals surface area contributed by atoms with Gasteiger partial charge in [-0.25, -0.2) is 0 Å². The first-order chi connectivity index (χ1) is 5.52. The second kappa shape index (κ2) is 6.44. The highest BCUT2D eigenvalue weighted by Crippen LogP contribution is 2.05. The summed E-state index contributed by atoms with van der Waals surface area (Å²) in [4.78, 5) is 0. The normalized spacial score (nSPS) is 16.5. The van der Waals surface area contributed by atoms with Crippen LogP contribution in [0.25, 0.3) is 0 Å². The number of aliphatic hydroxyl groups is 1. The van der Waals surface area contributed by atoms with Gasteiger partial charge in [-0.05, 0) is 32.6 Å². The van der Waals surface area contributed by atoms with E-state index in [2.05, 4.69) is 26.1 Å². The third-order valence-electron chi connectivity index (χ3n) is 1.94. The molecule has 2 nitrogen and oxygen atoms in total. The van der Waals surface area contributed by atoms with Crippen molar-refractivity contribution in [2.24, 2.45) is 5.92 Å². The second-order valence-electron chi connectivity index (χ2n) is 4.13. The molecule has 0 rings (SSSR count). The summed E-state index contributed by atoms with van der Waals surface area (Å²) < 4.78 is 0. The molecule has 0 aromatic rings. The lowest BCUT2D eigenvalue weighted by atomic mass is 10.0. The van der Waals surface area contributed by atoms with E-state index in [1.807, 2.05) is 6.92 Å². The van der Waals surface area contributed by atoms with Gasteiger partial charge >= 0.3 is 0 Å². The summed E-state index contributed by atoms with van der Waals surface area (Å²) in [6.45, 7) is 9.16. The maximum Gasteiger partial charge on any atom is 0.0636 e. The molecule has 0 aliphatic rings. The summed E-state index contributed by atoms with van der Waals surface area (Å²) in [5.74, 6) is 0.779. The number of hydrogen-bond donors (Lipinski definition) is 2. The SMILES string of the molecule is CC(C)CC[C@H](C)NC[C@H](C)O. The van der Waals surface area contributed by atoms with Gasteiger partial charge in [-0.15, -0.1) is 0 Å². The number of aliphatic hydroxyl groups excluding tert-OH is 1. The summed E-state index contributed by atoms with van der Waals surface area (Å²) in [7, 11) is 0. The van der Waals surface area contributed by atoms with Crippen LogP contribution in [-0.2, 0) is 0 Å². The fourth-order valence-electron chi connectivity index (χ4n) is 1.06. The fraction of sp³-hybridized carbons (Fsp3) is 1.00. The van der Waals surface area contributed by atoms with Crippen molar-refractivity contribution >= 4 is 0 Å². The molecule has 0 saturated carbocycles. The minimum Gasteiger partial charge on any atom is -0.392 e. The van der Waals surface area contributed by atoms with Crippen LogP contribution >= 0.6 is 0 Å². The van der Waals surface area contributed by atoms with Crippen LogP contribution in [0.15, 0.2) is 0 Å². The standard InChI is InChI=1S/C10H23NO/c1-8(2)5-6-9(3)11-7-10(4)12/h8-12H,5-7H2,1-4H3/t9-,10-/m0/s1. The highest BCUT2D eigenvalue weighted by Gasteiger charge is 2.03. The van der Waals surface area contributed by atoms with Gasteiger partial charge in [-0.2, -0.15) is 0 Å². The second-order valence-corrected chi connectivity index (χ2v) is 4.13. The van der Waals surface area contributed by atoms with E-state index in [1.54, 1.807) is 0 Å². The largest absolute Gasteiger partial charge is 0.392 e. The molecule has 2 heteroatoms. The summed E-state index contributed by atoms with van der Waals surface area (Å²) in [5, 5.41) is 12.3. The molecule has 0 aliphatic heterocycles. The van der Waals surface area contributed by atoms with Crippen molar-refractivity contribution in [2.45, 2.75) is 52.7 Å². The molecule has 74 valence electrons. The van der Waals surface area contributed by atoms with Gasteiger partial charge in [0, 0.05) is 12.6 Å². The predicted octanol–water partition coefficient (Wildman–Crippen LogP) is 1.78.